The molecule has 5 heterocycles. The average Bonchev–Trinajstić information content (AvgIpc) is 3.77. The zero-order valence-electron chi connectivity index (χ0n) is 29.1. The molecule has 0 unspecified atom stereocenters. The van der Waals surface area contributed by atoms with Gasteiger partial charge in [-0.15, -0.1) is 0 Å². The molecule has 0 bridgehead atoms. The number of pyridine rings is 3. The molecule has 0 aliphatic heterocycles. The zero-order valence-corrected chi connectivity index (χ0v) is 29.1. The van der Waals surface area contributed by atoms with Crippen molar-refractivity contribution in [3.05, 3.63) is 188 Å². The molecule has 11 aromatic rings. The van der Waals surface area contributed by atoms with E-state index < -0.39 is 0 Å². The normalized spacial score (nSPS) is 11.7. The quantitative estimate of drug-likeness (QED) is 0.181. The van der Waals surface area contributed by atoms with Gasteiger partial charge in [0, 0.05) is 39.6 Å². The fraction of sp³-hybridized carbons (Fsp3) is 0. The molecule has 252 valence electrons. The molecule has 0 atom stereocenters. The molecule has 5 aromatic heterocycles. The Balaban J connectivity index is 1.36. The average molecular weight is 690 g/mol. The van der Waals surface area contributed by atoms with Crippen LogP contribution < -0.4 is 0 Å². The Kier molecular flexibility index (Phi) is 6.79. The van der Waals surface area contributed by atoms with E-state index in [0.29, 0.717) is 0 Å². The van der Waals surface area contributed by atoms with Crippen molar-refractivity contribution in [1.29, 1.82) is 0 Å². The molecule has 0 aliphatic carbocycles. The molecule has 0 N–H and O–H groups in total. The van der Waals surface area contributed by atoms with E-state index >= 15 is 0 Å². The summed E-state index contributed by atoms with van der Waals surface area (Å²) in [7, 11) is 0. The largest absolute Gasteiger partial charge is 0.307 e. The van der Waals surface area contributed by atoms with Crippen LogP contribution in [0.25, 0.3) is 99.7 Å². The Labute approximate surface area is 311 Å². The van der Waals surface area contributed by atoms with Gasteiger partial charge in [-0.2, -0.15) is 0 Å². The van der Waals surface area contributed by atoms with Crippen molar-refractivity contribution < 1.29 is 0 Å². The minimum atomic E-state index is 0.783. The molecule has 11 rings (SSSR count). The van der Waals surface area contributed by atoms with Crippen LogP contribution in [0.3, 0.4) is 0 Å². The summed E-state index contributed by atoms with van der Waals surface area (Å²) >= 11 is 0. The minimum absolute atomic E-state index is 0.783. The van der Waals surface area contributed by atoms with Gasteiger partial charge in [0.25, 0.3) is 0 Å². The summed E-state index contributed by atoms with van der Waals surface area (Å²) in [5.74, 6) is 0. The van der Waals surface area contributed by atoms with Crippen molar-refractivity contribution in [1.82, 2.24) is 24.1 Å². The molecule has 0 saturated heterocycles. The van der Waals surface area contributed by atoms with Gasteiger partial charge in [0.1, 0.15) is 0 Å². The molecule has 0 aliphatic rings. The lowest BCUT2D eigenvalue weighted by molar-refractivity contribution is 1.13. The molecule has 0 radical (unpaired) electrons. The number of fused-ring (bicyclic) bond motifs is 8. The second kappa shape index (κ2) is 12.1. The van der Waals surface area contributed by atoms with Gasteiger partial charge in [0.05, 0.1) is 50.5 Å². The van der Waals surface area contributed by atoms with Gasteiger partial charge in [-0.1, -0.05) is 103 Å². The highest BCUT2D eigenvalue weighted by Crippen LogP contribution is 2.47. The molecule has 54 heavy (non-hydrogen) atoms. The molecule has 6 aromatic carbocycles. The highest BCUT2D eigenvalue weighted by atomic mass is 15.0. The SMILES string of the molecule is c1ccc(-n2c3ccccc3c3cc(-c4ccc5ccccc5c4)c4c5ccccc5n(-c5cc(-c6ccccn6)nc(-c6ccccn6)c5)c4c32)cc1. The lowest BCUT2D eigenvalue weighted by Gasteiger charge is -2.16. The fourth-order valence-corrected chi connectivity index (χ4v) is 8.23. The standard InChI is InChI=1S/C49H31N5/c1-2-16-35(17-3-1)53-45-22-8-6-18-37(45)40-31-39(34-25-24-32-14-4-5-15-33(32)28-34)47-38-19-7-9-23-46(38)54(49(47)48(40)53)36-29-43(41-20-10-12-26-50-41)52-44(30-36)42-21-11-13-27-51-42/h1-31H. The number of nitrogens with zero attached hydrogens (tertiary/aromatic N) is 5. The number of benzene rings is 6. The van der Waals surface area contributed by atoms with Crippen LogP contribution in [0.15, 0.2) is 188 Å². The van der Waals surface area contributed by atoms with E-state index in [9.17, 15) is 0 Å². The first-order valence-corrected chi connectivity index (χ1v) is 18.2. The first-order chi connectivity index (χ1) is 26.8. The third kappa shape index (κ3) is 4.69. The number of aromatic nitrogens is 5. The minimum Gasteiger partial charge on any atom is -0.307 e. The molecular formula is C49H31N5. The predicted molar refractivity (Wildman–Crippen MR) is 222 cm³/mol. The van der Waals surface area contributed by atoms with Crippen LogP contribution in [0.5, 0.6) is 0 Å². The third-order valence-corrected chi connectivity index (χ3v) is 10.6. The van der Waals surface area contributed by atoms with E-state index in [1.807, 2.05) is 48.8 Å². The Bertz CT molecular complexity index is 3140. The number of para-hydroxylation sites is 3. The number of rotatable bonds is 5. The van der Waals surface area contributed by atoms with Crippen molar-refractivity contribution in [3.63, 3.8) is 0 Å². The summed E-state index contributed by atoms with van der Waals surface area (Å²) in [6.07, 6.45) is 3.64. The Morgan fingerprint density at radius 3 is 1.67 bits per heavy atom. The molecule has 0 fully saturated rings. The lowest BCUT2D eigenvalue weighted by atomic mass is 9.95. The maximum absolute atomic E-state index is 5.16. The summed E-state index contributed by atoms with van der Waals surface area (Å²) in [6.45, 7) is 0. The Morgan fingerprint density at radius 1 is 0.370 bits per heavy atom. The van der Waals surface area contributed by atoms with Crippen LogP contribution in [-0.2, 0) is 0 Å². The highest BCUT2D eigenvalue weighted by Gasteiger charge is 2.25. The topological polar surface area (TPSA) is 48.5 Å². The van der Waals surface area contributed by atoms with E-state index in [4.69, 9.17) is 15.0 Å². The first kappa shape index (κ1) is 30.3. The van der Waals surface area contributed by atoms with Gasteiger partial charge in [-0.25, -0.2) is 4.98 Å². The van der Waals surface area contributed by atoms with Gasteiger partial charge in [0.2, 0.25) is 0 Å². The van der Waals surface area contributed by atoms with Gasteiger partial charge < -0.3 is 9.13 Å². The van der Waals surface area contributed by atoms with Crippen LogP contribution in [0.1, 0.15) is 0 Å². The molecular weight excluding hydrogens is 659 g/mol. The molecule has 0 amide bonds. The fourth-order valence-electron chi connectivity index (χ4n) is 8.23. The zero-order chi connectivity index (χ0) is 35.6. The van der Waals surface area contributed by atoms with Crippen molar-refractivity contribution in [2.24, 2.45) is 0 Å². The van der Waals surface area contributed by atoms with Crippen molar-refractivity contribution in [2.45, 2.75) is 0 Å². The lowest BCUT2D eigenvalue weighted by Crippen LogP contribution is -2.01. The van der Waals surface area contributed by atoms with Crippen molar-refractivity contribution in [3.8, 4) is 45.3 Å². The highest BCUT2D eigenvalue weighted by molar-refractivity contribution is 6.28. The van der Waals surface area contributed by atoms with Crippen LogP contribution in [-0.4, -0.2) is 24.1 Å². The first-order valence-electron chi connectivity index (χ1n) is 18.2. The molecule has 5 nitrogen and oxygen atoms in total. The predicted octanol–water partition coefficient (Wildman–Crippen LogP) is 12.2. The summed E-state index contributed by atoms with van der Waals surface area (Å²) in [5, 5.41) is 7.21. The molecule has 5 heteroatoms. The molecule has 0 spiro atoms. The van der Waals surface area contributed by atoms with Crippen molar-refractivity contribution in [2.75, 3.05) is 0 Å². The Morgan fingerprint density at radius 2 is 0.963 bits per heavy atom. The van der Waals surface area contributed by atoms with Crippen molar-refractivity contribution >= 4 is 54.4 Å². The maximum Gasteiger partial charge on any atom is 0.0915 e. The monoisotopic (exact) mass is 689 g/mol. The summed E-state index contributed by atoms with van der Waals surface area (Å²) < 4.78 is 4.88. The van der Waals surface area contributed by atoms with E-state index in [-0.39, 0.29) is 0 Å². The van der Waals surface area contributed by atoms with Crippen LogP contribution in [0, 0.1) is 0 Å². The van der Waals surface area contributed by atoms with E-state index in [0.717, 1.165) is 56.2 Å². The van der Waals surface area contributed by atoms with E-state index in [1.165, 1.54) is 43.4 Å². The van der Waals surface area contributed by atoms with Crippen LogP contribution in [0.4, 0.5) is 0 Å². The number of hydrogen-bond donors (Lipinski definition) is 0. The second-order valence-corrected chi connectivity index (χ2v) is 13.7. The number of hydrogen-bond acceptors (Lipinski definition) is 3. The third-order valence-electron chi connectivity index (χ3n) is 10.6. The summed E-state index contributed by atoms with van der Waals surface area (Å²) in [5.41, 5.74) is 12.2. The smallest absolute Gasteiger partial charge is 0.0915 e. The molecule has 0 saturated carbocycles. The Hall–Kier alpha value is -7.37. The summed E-state index contributed by atoms with van der Waals surface area (Å²) in [4.78, 5) is 14.6. The van der Waals surface area contributed by atoms with E-state index in [1.54, 1.807) is 0 Å². The van der Waals surface area contributed by atoms with Gasteiger partial charge in [-0.05, 0) is 94.7 Å². The van der Waals surface area contributed by atoms with Crippen LogP contribution in [0.2, 0.25) is 0 Å². The van der Waals surface area contributed by atoms with Gasteiger partial charge in [0.15, 0.2) is 0 Å². The summed E-state index contributed by atoms with van der Waals surface area (Å²) in [6, 6.07) is 62.4. The van der Waals surface area contributed by atoms with Gasteiger partial charge >= 0.3 is 0 Å². The van der Waals surface area contributed by atoms with Crippen LogP contribution >= 0.6 is 0 Å². The maximum atomic E-state index is 5.16. The second-order valence-electron chi connectivity index (χ2n) is 13.7. The van der Waals surface area contributed by atoms with Gasteiger partial charge in [-0.3, -0.25) is 9.97 Å². The van der Waals surface area contributed by atoms with E-state index in [2.05, 4.69) is 149 Å².